The van der Waals surface area contributed by atoms with E-state index in [2.05, 4.69) is 0 Å². The summed E-state index contributed by atoms with van der Waals surface area (Å²) in [6.07, 6.45) is -0.614. The molecule has 3 nitrogen and oxygen atoms in total. The van der Waals surface area contributed by atoms with Crippen LogP contribution in [-0.2, 0) is 20.9 Å². The van der Waals surface area contributed by atoms with Crippen LogP contribution in [0.15, 0.2) is 24.3 Å². The Kier molecular flexibility index (Phi) is 4.92. The largest absolute Gasteiger partial charge is 0.459 e. The third kappa shape index (κ3) is 3.62. The summed E-state index contributed by atoms with van der Waals surface area (Å²) in [5, 5.41) is 0. The molecule has 0 radical (unpaired) electrons. The van der Waals surface area contributed by atoms with E-state index in [1.807, 2.05) is 0 Å². The van der Waals surface area contributed by atoms with Crippen molar-refractivity contribution in [2.24, 2.45) is 0 Å². The van der Waals surface area contributed by atoms with E-state index in [1.165, 1.54) is 6.07 Å². The van der Waals surface area contributed by atoms with Crippen molar-refractivity contribution in [1.82, 2.24) is 0 Å². The zero-order valence-electron chi connectivity index (χ0n) is 9.40. The molecule has 1 unspecified atom stereocenters. The van der Waals surface area contributed by atoms with E-state index in [-0.39, 0.29) is 12.4 Å². The minimum absolute atomic E-state index is 0.0665. The maximum atomic E-state index is 13.2. The van der Waals surface area contributed by atoms with Crippen LogP contribution in [0.1, 0.15) is 19.4 Å². The van der Waals surface area contributed by atoms with Gasteiger partial charge < -0.3 is 9.47 Å². The van der Waals surface area contributed by atoms with E-state index >= 15 is 0 Å². The van der Waals surface area contributed by atoms with Gasteiger partial charge in [0.05, 0.1) is 0 Å². The van der Waals surface area contributed by atoms with Crippen LogP contribution in [0, 0.1) is 5.82 Å². The van der Waals surface area contributed by atoms with Gasteiger partial charge in [0.25, 0.3) is 0 Å². The van der Waals surface area contributed by atoms with E-state index in [0.29, 0.717) is 12.2 Å². The molecule has 16 heavy (non-hydrogen) atoms. The number of carbonyl (C=O) groups excluding carboxylic acids is 1. The third-order valence-corrected chi connectivity index (χ3v) is 2.08. The van der Waals surface area contributed by atoms with E-state index in [0.717, 1.165) is 0 Å². The van der Waals surface area contributed by atoms with Gasteiger partial charge in [0.2, 0.25) is 0 Å². The van der Waals surface area contributed by atoms with Gasteiger partial charge in [-0.15, -0.1) is 0 Å². The number of carbonyl (C=O) groups is 1. The summed E-state index contributed by atoms with van der Waals surface area (Å²) < 4.78 is 23.1. The first-order valence-electron chi connectivity index (χ1n) is 5.16. The first-order valence-corrected chi connectivity index (χ1v) is 5.16. The second kappa shape index (κ2) is 6.23. The predicted molar refractivity (Wildman–Crippen MR) is 57.3 cm³/mol. The predicted octanol–water partition coefficient (Wildman–Crippen LogP) is 2.29. The highest BCUT2D eigenvalue weighted by molar-refractivity contribution is 5.74. The van der Waals surface area contributed by atoms with Crippen molar-refractivity contribution in [2.45, 2.75) is 26.6 Å². The zero-order valence-corrected chi connectivity index (χ0v) is 9.40. The van der Waals surface area contributed by atoms with Crippen LogP contribution in [0.5, 0.6) is 0 Å². The van der Waals surface area contributed by atoms with E-state index in [4.69, 9.17) is 9.47 Å². The standard InChI is InChI=1S/C12H15FO3/c1-3-15-9(2)12(14)16-8-10-6-4-5-7-11(10)13/h4-7,9H,3,8H2,1-2H3. The van der Waals surface area contributed by atoms with Crippen LogP contribution in [-0.4, -0.2) is 18.7 Å². The lowest BCUT2D eigenvalue weighted by Crippen LogP contribution is -2.23. The molecule has 0 aliphatic carbocycles. The second-order valence-corrected chi connectivity index (χ2v) is 3.30. The molecule has 0 spiro atoms. The van der Waals surface area contributed by atoms with Gasteiger partial charge in [-0.05, 0) is 19.9 Å². The molecule has 0 amide bonds. The molecule has 0 N–H and O–H groups in total. The highest BCUT2D eigenvalue weighted by atomic mass is 19.1. The number of hydrogen-bond acceptors (Lipinski definition) is 3. The van der Waals surface area contributed by atoms with Gasteiger partial charge in [-0.3, -0.25) is 0 Å². The van der Waals surface area contributed by atoms with Crippen molar-refractivity contribution in [3.8, 4) is 0 Å². The second-order valence-electron chi connectivity index (χ2n) is 3.30. The van der Waals surface area contributed by atoms with Gasteiger partial charge in [-0.25, -0.2) is 9.18 Å². The van der Waals surface area contributed by atoms with Gasteiger partial charge in [0, 0.05) is 12.2 Å². The number of hydrogen-bond donors (Lipinski definition) is 0. The molecule has 88 valence electrons. The molecule has 4 heteroatoms. The lowest BCUT2D eigenvalue weighted by atomic mass is 10.2. The third-order valence-electron chi connectivity index (χ3n) is 2.08. The lowest BCUT2D eigenvalue weighted by Gasteiger charge is -2.11. The minimum Gasteiger partial charge on any atom is -0.459 e. The summed E-state index contributed by atoms with van der Waals surface area (Å²) in [5.74, 6) is -0.857. The molecule has 0 saturated heterocycles. The maximum absolute atomic E-state index is 13.2. The number of ether oxygens (including phenoxy) is 2. The Hall–Kier alpha value is -1.42. The Morgan fingerprint density at radius 1 is 1.44 bits per heavy atom. The Bertz CT molecular complexity index is 352. The smallest absolute Gasteiger partial charge is 0.335 e. The van der Waals surface area contributed by atoms with Gasteiger partial charge in [0.15, 0.2) is 6.10 Å². The van der Waals surface area contributed by atoms with Crippen LogP contribution < -0.4 is 0 Å². The van der Waals surface area contributed by atoms with Crippen molar-refractivity contribution in [1.29, 1.82) is 0 Å². The zero-order chi connectivity index (χ0) is 12.0. The van der Waals surface area contributed by atoms with Crippen molar-refractivity contribution in [3.05, 3.63) is 35.6 Å². The highest BCUT2D eigenvalue weighted by Gasteiger charge is 2.14. The fraction of sp³-hybridized carbons (Fsp3) is 0.417. The SMILES string of the molecule is CCOC(C)C(=O)OCc1ccccc1F. The summed E-state index contributed by atoms with van der Waals surface area (Å²) in [6.45, 7) is 3.77. The molecule has 0 heterocycles. The lowest BCUT2D eigenvalue weighted by molar-refractivity contribution is -0.157. The van der Waals surface area contributed by atoms with Crippen LogP contribution >= 0.6 is 0 Å². The molecular weight excluding hydrogens is 211 g/mol. The van der Waals surface area contributed by atoms with Gasteiger partial charge in [0.1, 0.15) is 12.4 Å². The molecule has 0 bridgehead atoms. The molecule has 0 saturated carbocycles. The first kappa shape index (κ1) is 12.6. The average Bonchev–Trinajstić information content (AvgIpc) is 2.28. The summed E-state index contributed by atoms with van der Waals surface area (Å²) in [6, 6.07) is 6.19. The molecule has 0 aliphatic heterocycles. The van der Waals surface area contributed by atoms with Crippen LogP contribution in [0.3, 0.4) is 0 Å². The molecule has 0 aliphatic rings. The Balaban J connectivity index is 2.46. The molecule has 0 aromatic heterocycles. The topological polar surface area (TPSA) is 35.5 Å². The van der Waals surface area contributed by atoms with E-state index < -0.39 is 12.1 Å². The van der Waals surface area contributed by atoms with Crippen molar-refractivity contribution >= 4 is 5.97 Å². The number of halogens is 1. The average molecular weight is 226 g/mol. The summed E-state index contributed by atoms with van der Waals surface area (Å²) in [7, 11) is 0. The van der Waals surface area contributed by atoms with Gasteiger partial charge in [-0.1, -0.05) is 18.2 Å². The summed E-state index contributed by atoms with van der Waals surface area (Å²) >= 11 is 0. The Labute approximate surface area is 94.2 Å². The van der Waals surface area contributed by atoms with Gasteiger partial charge in [-0.2, -0.15) is 0 Å². The first-order chi connectivity index (χ1) is 7.65. The van der Waals surface area contributed by atoms with Crippen molar-refractivity contribution in [2.75, 3.05) is 6.61 Å². The summed E-state index contributed by atoms with van der Waals surface area (Å²) in [5.41, 5.74) is 0.361. The van der Waals surface area contributed by atoms with Crippen LogP contribution in [0.2, 0.25) is 0 Å². The molecule has 1 aromatic carbocycles. The monoisotopic (exact) mass is 226 g/mol. The Morgan fingerprint density at radius 3 is 2.75 bits per heavy atom. The fourth-order valence-corrected chi connectivity index (χ4v) is 1.20. The molecule has 0 fully saturated rings. The molecular formula is C12H15FO3. The fourth-order valence-electron chi connectivity index (χ4n) is 1.20. The highest BCUT2D eigenvalue weighted by Crippen LogP contribution is 2.08. The number of benzene rings is 1. The number of esters is 1. The normalized spacial score (nSPS) is 12.2. The van der Waals surface area contributed by atoms with Crippen LogP contribution in [0.25, 0.3) is 0 Å². The number of rotatable bonds is 5. The van der Waals surface area contributed by atoms with Crippen LogP contribution in [0.4, 0.5) is 4.39 Å². The minimum atomic E-state index is -0.614. The quantitative estimate of drug-likeness (QED) is 0.723. The van der Waals surface area contributed by atoms with Crippen molar-refractivity contribution in [3.63, 3.8) is 0 Å². The van der Waals surface area contributed by atoms with Gasteiger partial charge >= 0.3 is 5.97 Å². The van der Waals surface area contributed by atoms with Crippen molar-refractivity contribution < 1.29 is 18.7 Å². The molecule has 1 rings (SSSR count). The summed E-state index contributed by atoms with van der Waals surface area (Å²) in [4.78, 5) is 11.3. The van der Waals surface area contributed by atoms with E-state index in [1.54, 1.807) is 32.0 Å². The maximum Gasteiger partial charge on any atom is 0.335 e. The molecule has 1 atom stereocenters. The molecule has 1 aromatic rings. The van der Waals surface area contributed by atoms with E-state index in [9.17, 15) is 9.18 Å². The Morgan fingerprint density at radius 2 is 2.12 bits per heavy atom.